The van der Waals surface area contributed by atoms with Gasteiger partial charge in [0.2, 0.25) is 0 Å². The zero-order valence-electron chi connectivity index (χ0n) is 5.58. The van der Waals surface area contributed by atoms with E-state index in [0.717, 1.165) is 15.1 Å². The van der Waals surface area contributed by atoms with Crippen LogP contribution in [-0.2, 0) is 0 Å². The molecule has 11 heavy (non-hydrogen) atoms. The monoisotopic (exact) mass is 228 g/mol. The van der Waals surface area contributed by atoms with Crippen molar-refractivity contribution in [1.29, 1.82) is 0 Å². The third-order valence-corrected chi connectivity index (χ3v) is 3.04. The van der Waals surface area contributed by atoms with Crippen LogP contribution in [0.25, 0.3) is 10.6 Å². The molecule has 0 saturated heterocycles. The molecule has 0 aliphatic rings. The minimum Gasteiger partial charge on any atom is -0.464 e. The molecule has 0 bridgehead atoms. The first-order chi connectivity index (χ1) is 5.36. The van der Waals surface area contributed by atoms with Crippen molar-refractivity contribution in [3.8, 4) is 10.6 Å². The zero-order chi connectivity index (χ0) is 7.68. The zero-order valence-corrected chi connectivity index (χ0v) is 7.98. The topological polar surface area (TPSA) is 13.1 Å². The average molecular weight is 229 g/mol. The summed E-state index contributed by atoms with van der Waals surface area (Å²) in [5, 5.41) is 2.04. The van der Waals surface area contributed by atoms with E-state index in [1.165, 1.54) is 0 Å². The van der Waals surface area contributed by atoms with Crippen LogP contribution in [0.15, 0.2) is 38.7 Å². The second-order valence-electron chi connectivity index (χ2n) is 2.11. The van der Waals surface area contributed by atoms with Crippen LogP contribution in [0.2, 0.25) is 0 Å². The van der Waals surface area contributed by atoms with Gasteiger partial charge in [0.05, 0.1) is 11.1 Å². The number of furan rings is 1. The molecule has 56 valence electrons. The highest BCUT2D eigenvalue weighted by molar-refractivity contribution is 9.10. The minimum atomic E-state index is 0.931. The molecule has 2 heterocycles. The lowest BCUT2D eigenvalue weighted by molar-refractivity contribution is 0.584. The fourth-order valence-corrected chi connectivity index (χ4v) is 2.26. The van der Waals surface area contributed by atoms with E-state index in [4.69, 9.17) is 4.42 Å². The van der Waals surface area contributed by atoms with Crippen LogP contribution < -0.4 is 0 Å². The highest BCUT2D eigenvalue weighted by Crippen LogP contribution is 2.29. The van der Waals surface area contributed by atoms with Crippen molar-refractivity contribution >= 4 is 27.3 Å². The molecule has 0 aliphatic heterocycles. The SMILES string of the molecule is Brc1csc(-c2ccco2)c1. The molecule has 0 amide bonds. The number of thiophene rings is 1. The molecular formula is C8H5BrOS. The van der Waals surface area contributed by atoms with Gasteiger partial charge in [0.25, 0.3) is 0 Å². The summed E-state index contributed by atoms with van der Waals surface area (Å²) in [5.41, 5.74) is 0. The second-order valence-corrected chi connectivity index (χ2v) is 3.93. The largest absolute Gasteiger partial charge is 0.464 e. The summed E-state index contributed by atoms with van der Waals surface area (Å²) in [6.07, 6.45) is 1.68. The predicted octanol–water partition coefficient (Wildman–Crippen LogP) is 3.77. The summed E-state index contributed by atoms with van der Waals surface area (Å²) in [7, 11) is 0. The molecule has 0 N–H and O–H groups in total. The summed E-state index contributed by atoms with van der Waals surface area (Å²) < 4.78 is 6.33. The summed E-state index contributed by atoms with van der Waals surface area (Å²) in [6.45, 7) is 0. The Bertz CT molecular complexity index is 337. The van der Waals surface area contributed by atoms with Crippen molar-refractivity contribution in [3.63, 3.8) is 0 Å². The van der Waals surface area contributed by atoms with E-state index in [-0.39, 0.29) is 0 Å². The molecule has 0 aromatic carbocycles. The highest BCUT2D eigenvalue weighted by Gasteiger charge is 2.01. The van der Waals surface area contributed by atoms with Gasteiger partial charge in [-0.05, 0) is 34.1 Å². The second kappa shape index (κ2) is 2.83. The van der Waals surface area contributed by atoms with E-state index in [9.17, 15) is 0 Å². The fourth-order valence-electron chi connectivity index (χ4n) is 0.861. The van der Waals surface area contributed by atoms with Gasteiger partial charge in [0, 0.05) is 9.85 Å². The van der Waals surface area contributed by atoms with Crippen molar-refractivity contribution in [2.24, 2.45) is 0 Å². The third kappa shape index (κ3) is 1.39. The Labute approximate surface area is 76.8 Å². The Balaban J connectivity index is 2.45. The summed E-state index contributed by atoms with van der Waals surface area (Å²) in [4.78, 5) is 1.15. The molecule has 1 nitrogen and oxygen atoms in total. The van der Waals surface area contributed by atoms with E-state index < -0.39 is 0 Å². The number of halogens is 1. The molecule has 0 aliphatic carbocycles. The number of hydrogen-bond donors (Lipinski definition) is 0. The van der Waals surface area contributed by atoms with E-state index >= 15 is 0 Å². The molecule has 0 atom stereocenters. The maximum absolute atomic E-state index is 5.22. The maximum atomic E-state index is 5.22. The molecular weight excluding hydrogens is 224 g/mol. The smallest absolute Gasteiger partial charge is 0.143 e. The van der Waals surface area contributed by atoms with Crippen LogP contribution in [0, 0.1) is 0 Å². The van der Waals surface area contributed by atoms with Crippen LogP contribution in [0.4, 0.5) is 0 Å². The van der Waals surface area contributed by atoms with Crippen LogP contribution in [-0.4, -0.2) is 0 Å². The Morgan fingerprint density at radius 2 is 2.36 bits per heavy atom. The van der Waals surface area contributed by atoms with E-state index in [1.54, 1.807) is 17.6 Å². The number of hydrogen-bond acceptors (Lipinski definition) is 2. The summed E-state index contributed by atoms with van der Waals surface area (Å²) in [5.74, 6) is 0.931. The van der Waals surface area contributed by atoms with Crippen molar-refractivity contribution in [2.75, 3.05) is 0 Å². The van der Waals surface area contributed by atoms with E-state index in [2.05, 4.69) is 15.9 Å². The fraction of sp³-hybridized carbons (Fsp3) is 0. The predicted molar refractivity (Wildman–Crippen MR) is 49.7 cm³/mol. The maximum Gasteiger partial charge on any atom is 0.143 e. The first-order valence-corrected chi connectivity index (χ1v) is 4.81. The molecule has 0 radical (unpaired) electrons. The lowest BCUT2D eigenvalue weighted by atomic mass is 10.4. The highest BCUT2D eigenvalue weighted by atomic mass is 79.9. The minimum absolute atomic E-state index is 0.931. The molecule has 0 saturated carbocycles. The van der Waals surface area contributed by atoms with Gasteiger partial charge in [0.1, 0.15) is 5.76 Å². The molecule has 0 spiro atoms. The van der Waals surface area contributed by atoms with Gasteiger partial charge in [-0.2, -0.15) is 0 Å². The molecule has 2 aromatic heterocycles. The van der Waals surface area contributed by atoms with Crippen LogP contribution in [0.5, 0.6) is 0 Å². The third-order valence-electron chi connectivity index (χ3n) is 1.33. The summed E-state index contributed by atoms with van der Waals surface area (Å²) in [6, 6.07) is 5.89. The van der Waals surface area contributed by atoms with Crippen LogP contribution in [0.1, 0.15) is 0 Å². The quantitative estimate of drug-likeness (QED) is 0.725. The van der Waals surface area contributed by atoms with Gasteiger partial charge in [-0.1, -0.05) is 0 Å². The molecule has 2 aromatic rings. The molecule has 2 rings (SSSR count). The van der Waals surface area contributed by atoms with Crippen molar-refractivity contribution < 1.29 is 4.42 Å². The Morgan fingerprint density at radius 1 is 1.45 bits per heavy atom. The number of rotatable bonds is 1. The van der Waals surface area contributed by atoms with Crippen LogP contribution in [0.3, 0.4) is 0 Å². The first-order valence-electron chi connectivity index (χ1n) is 3.14. The van der Waals surface area contributed by atoms with Crippen molar-refractivity contribution in [2.45, 2.75) is 0 Å². The van der Waals surface area contributed by atoms with Crippen LogP contribution >= 0.6 is 27.3 Å². The Morgan fingerprint density at radius 3 is 2.91 bits per heavy atom. The Kier molecular flexibility index (Phi) is 1.84. The average Bonchev–Trinajstić information content (AvgIpc) is 2.55. The van der Waals surface area contributed by atoms with Gasteiger partial charge in [0.15, 0.2) is 0 Å². The summed E-state index contributed by atoms with van der Waals surface area (Å²) >= 11 is 5.05. The van der Waals surface area contributed by atoms with Gasteiger partial charge >= 0.3 is 0 Å². The van der Waals surface area contributed by atoms with E-state index in [1.807, 2.05) is 23.6 Å². The lowest BCUT2D eigenvalue weighted by Gasteiger charge is -1.85. The molecule has 0 fully saturated rings. The Hall–Kier alpha value is -0.540. The van der Waals surface area contributed by atoms with Gasteiger partial charge < -0.3 is 4.42 Å². The van der Waals surface area contributed by atoms with Gasteiger partial charge in [-0.3, -0.25) is 0 Å². The standard InChI is InChI=1S/C8H5BrOS/c9-6-4-8(11-5-6)7-2-1-3-10-7/h1-5H. The van der Waals surface area contributed by atoms with E-state index in [0.29, 0.717) is 0 Å². The van der Waals surface area contributed by atoms with Crippen molar-refractivity contribution in [3.05, 3.63) is 34.3 Å². The molecule has 0 unspecified atom stereocenters. The first kappa shape index (κ1) is 7.13. The van der Waals surface area contributed by atoms with Gasteiger partial charge in [-0.25, -0.2) is 0 Å². The van der Waals surface area contributed by atoms with Crippen molar-refractivity contribution in [1.82, 2.24) is 0 Å². The van der Waals surface area contributed by atoms with Gasteiger partial charge in [-0.15, -0.1) is 11.3 Å². The molecule has 3 heteroatoms. The normalized spacial score (nSPS) is 10.3. The lowest BCUT2D eigenvalue weighted by Crippen LogP contribution is -1.59.